The summed E-state index contributed by atoms with van der Waals surface area (Å²) in [6, 6.07) is 6.74. The minimum absolute atomic E-state index is 0.534. The lowest BCUT2D eigenvalue weighted by molar-refractivity contribution is 0.461. The van der Waals surface area contributed by atoms with Crippen molar-refractivity contribution in [2.24, 2.45) is 11.7 Å². The molecule has 3 nitrogen and oxygen atoms in total. The van der Waals surface area contributed by atoms with Crippen LogP contribution in [0.1, 0.15) is 49.9 Å². The van der Waals surface area contributed by atoms with Crippen LogP contribution in [0.25, 0.3) is 11.0 Å². The Hall–Kier alpha value is -1.06. The molecule has 2 saturated carbocycles. The average Bonchev–Trinajstić information content (AvgIpc) is 3.05. The van der Waals surface area contributed by atoms with E-state index < -0.39 is 0 Å². The zero-order chi connectivity index (χ0) is 13.7. The van der Waals surface area contributed by atoms with Crippen LogP contribution < -0.4 is 5.73 Å². The third kappa shape index (κ3) is 1.95. The van der Waals surface area contributed by atoms with Gasteiger partial charge in [0.2, 0.25) is 0 Å². The SMILES string of the molecule is NCC1CCCC1c1nc2cc(Cl)ccc2n1C1CC1. The lowest BCUT2D eigenvalue weighted by atomic mass is 9.95. The molecular formula is C16H20ClN3. The van der Waals surface area contributed by atoms with E-state index in [1.807, 2.05) is 12.1 Å². The van der Waals surface area contributed by atoms with Crippen molar-refractivity contribution in [2.45, 2.75) is 44.1 Å². The Morgan fingerprint density at radius 2 is 2.10 bits per heavy atom. The molecule has 4 rings (SSSR count). The first-order chi connectivity index (χ1) is 9.78. The molecule has 2 aliphatic carbocycles. The second kappa shape index (κ2) is 4.74. The molecule has 2 N–H and O–H groups in total. The molecular weight excluding hydrogens is 270 g/mol. The highest BCUT2D eigenvalue weighted by atomic mass is 35.5. The fraction of sp³-hybridized carbons (Fsp3) is 0.562. The van der Waals surface area contributed by atoms with Crippen molar-refractivity contribution < 1.29 is 0 Å². The van der Waals surface area contributed by atoms with Gasteiger partial charge < -0.3 is 10.3 Å². The van der Waals surface area contributed by atoms with E-state index in [-0.39, 0.29) is 0 Å². The van der Waals surface area contributed by atoms with E-state index in [4.69, 9.17) is 22.3 Å². The molecule has 106 valence electrons. The van der Waals surface area contributed by atoms with Crippen molar-refractivity contribution in [2.75, 3.05) is 6.54 Å². The summed E-state index contributed by atoms with van der Waals surface area (Å²) >= 11 is 6.12. The fourth-order valence-corrected chi connectivity index (χ4v) is 3.89. The minimum Gasteiger partial charge on any atom is -0.330 e. The first kappa shape index (κ1) is 12.7. The summed E-state index contributed by atoms with van der Waals surface area (Å²) in [4.78, 5) is 4.94. The van der Waals surface area contributed by atoms with Crippen LogP contribution in [-0.4, -0.2) is 16.1 Å². The van der Waals surface area contributed by atoms with Crippen LogP contribution in [0, 0.1) is 5.92 Å². The molecule has 4 heteroatoms. The third-order valence-corrected chi connectivity index (χ3v) is 5.12. The second-order valence-electron chi connectivity index (χ2n) is 6.24. The number of nitrogens with zero attached hydrogens (tertiary/aromatic N) is 2. The number of halogens is 1. The molecule has 1 aromatic heterocycles. The highest BCUT2D eigenvalue weighted by molar-refractivity contribution is 6.31. The normalized spacial score (nSPS) is 26.5. The predicted molar refractivity (Wildman–Crippen MR) is 82.2 cm³/mol. The molecule has 2 fully saturated rings. The number of benzene rings is 1. The number of rotatable bonds is 3. The summed E-state index contributed by atoms with van der Waals surface area (Å²) in [5.74, 6) is 2.39. The van der Waals surface area contributed by atoms with E-state index in [2.05, 4.69) is 10.6 Å². The zero-order valence-corrected chi connectivity index (χ0v) is 12.3. The van der Waals surface area contributed by atoms with Crippen LogP contribution >= 0.6 is 11.6 Å². The Morgan fingerprint density at radius 1 is 1.25 bits per heavy atom. The molecule has 0 bridgehead atoms. The Morgan fingerprint density at radius 3 is 2.85 bits per heavy atom. The predicted octanol–water partition coefficient (Wildman–Crippen LogP) is 3.87. The molecule has 2 aliphatic rings. The van der Waals surface area contributed by atoms with Gasteiger partial charge in [-0.05, 0) is 56.3 Å². The molecule has 2 unspecified atom stereocenters. The number of imidazole rings is 1. The first-order valence-corrected chi connectivity index (χ1v) is 8.03. The highest BCUT2D eigenvalue weighted by Crippen LogP contribution is 2.45. The van der Waals surface area contributed by atoms with Crippen molar-refractivity contribution in [1.29, 1.82) is 0 Å². The molecule has 0 aliphatic heterocycles. The zero-order valence-electron chi connectivity index (χ0n) is 11.6. The quantitative estimate of drug-likeness (QED) is 0.932. The van der Waals surface area contributed by atoms with E-state index in [9.17, 15) is 0 Å². The van der Waals surface area contributed by atoms with Crippen molar-refractivity contribution in [3.8, 4) is 0 Å². The maximum atomic E-state index is 6.12. The molecule has 20 heavy (non-hydrogen) atoms. The lowest BCUT2D eigenvalue weighted by Gasteiger charge is -2.19. The maximum absolute atomic E-state index is 6.12. The largest absolute Gasteiger partial charge is 0.330 e. The van der Waals surface area contributed by atoms with Gasteiger partial charge in [-0.3, -0.25) is 0 Å². The van der Waals surface area contributed by atoms with Crippen molar-refractivity contribution in [3.05, 3.63) is 29.0 Å². The molecule has 0 saturated heterocycles. The summed E-state index contributed by atoms with van der Waals surface area (Å²) in [7, 11) is 0. The van der Waals surface area contributed by atoms with E-state index in [1.54, 1.807) is 0 Å². The number of hydrogen-bond donors (Lipinski definition) is 1. The van der Waals surface area contributed by atoms with Gasteiger partial charge in [-0.2, -0.15) is 0 Å². The van der Waals surface area contributed by atoms with Gasteiger partial charge >= 0.3 is 0 Å². The molecule has 2 atom stereocenters. The number of fused-ring (bicyclic) bond motifs is 1. The van der Waals surface area contributed by atoms with Crippen LogP contribution in [0.3, 0.4) is 0 Å². The van der Waals surface area contributed by atoms with Crippen LogP contribution in [0.4, 0.5) is 0 Å². The van der Waals surface area contributed by atoms with E-state index in [0.717, 1.165) is 17.1 Å². The lowest BCUT2D eigenvalue weighted by Crippen LogP contribution is -2.20. The molecule has 0 amide bonds. The third-order valence-electron chi connectivity index (χ3n) is 4.88. The average molecular weight is 290 g/mol. The Balaban J connectivity index is 1.87. The summed E-state index contributed by atoms with van der Waals surface area (Å²) in [5.41, 5.74) is 8.25. The molecule has 1 aromatic carbocycles. The Bertz CT molecular complexity index is 644. The van der Waals surface area contributed by atoms with Crippen molar-refractivity contribution in [1.82, 2.24) is 9.55 Å². The summed E-state index contributed by atoms with van der Waals surface area (Å²) in [6.07, 6.45) is 6.31. The maximum Gasteiger partial charge on any atom is 0.113 e. The standard InChI is InChI=1S/C16H20ClN3/c17-11-4-7-15-14(8-11)19-16(20(15)12-5-6-12)13-3-1-2-10(13)9-18/h4,7-8,10,12-13H,1-3,5-6,9,18H2. The summed E-state index contributed by atoms with van der Waals surface area (Å²) in [6.45, 7) is 0.777. The van der Waals surface area contributed by atoms with E-state index in [0.29, 0.717) is 17.9 Å². The summed E-state index contributed by atoms with van der Waals surface area (Å²) in [5, 5.41) is 0.770. The van der Waals surface area contributed by atoms with Gasteiger partial charge in [-0.15, -0.1) is 0 Å². The van der Waals surface area contributed by atoms with Gasteiger partial charge in [0, 0.05) is 17.0 Å². The van der Waals surface area contributed by atoms with Crippen LogP contribution in [0.5, 0.6) is 0 Å². The molecule has 2 aromatic rings. The topological polar surface area (TPSA) is 43.8 Å². The Kier molecular flexibility index (Phi) is 3.00. The first-order valence-electron chi connectivity index (χ1n) is 7.65. The van der Waals surface area contributed by atoms with Crippen molar-refractivity contribution in [3.63, 3.8) is 0 Å². The number of hydrogen-bond acceptors (Lipinski definition) is 2. The van der Waals surface area contributed by atoms with Gasteiger partial charge in [-0.1, -0.05) is 18.0 Å². The van der Waals surface area contributed by atoms with Gasteiger partial charge in [0.15, 0.2) is 0 Å². The van der Waals surface area contributed by atoms with Crippen LogP contribution in [-0.2, 0) is 0 Å². The van der Waals surface area contributed by atoms with Gasteiger partial charge in [0.25, 0.3) is 0 Å². The minimum atomic E-state index is 0.534. The highest BCUT2D eigenvalue weighted by Gasteiger charge is 2.35. The summed E-state index contributed by atoms with van der Waals surface area (Å²) < 4.78 is 2.48. The second-order valence-corrected chi connectivity index (χ2v) is 6.67. The number of nitrogens with two attached hydrogens (primary N) is 1. The van der Waals surface area contributed by atoms with Crippen molar-refractivity contribution >= 4 is 22.6 Å². The number of aromatic nitrogens is 2. The van der Waals surface area contributed by atoms with Crippen LogP contribution in [0.15, 0.2) is 18.2 Å². The van der Waals surface area contributed by atoms with E-state index >= 15 is 0 Å². The van der Waals surface area contributed by atoms with Gasteiger partial charge in [0.1, 0.15) is 5.82 Å². The Labute approximate surface area is 124 Å². The van der Waals surface area contributed by atoms with Gasteiger partial charge in [0.05, 0.1) is 11.0 Å². The fourth-order valence-electron chi connectivity index (χ4n) is 3.73. The van der Waals surface area contributed by atoms with Crippen LogP contribution in [0.2, 0.25) is 5.02 Å². The monoisotopic (exact) mass is 289 g/mol. The molecule has 1 heterocycles. The smallest absolute Gasteiger partial charge is 0.113 e. The van der Waals surface area contributed by atoms with Gasteiger partial charge in [-0.25, -0.2) is 4.98 Å². The molecule has 0 radical (unpaired) electrons. The van der Waals surface area contributed by atoms with E-state index in [1.165, 1.54) is 43.4 Å². The molecule has 0 spiro atoms.